The number of rotatable bonds is 11. The van der Waals surface area contributed by atoms with Gasteiger partial charge in [0, 0.05) is 28.8 Å². The van der Waals surface area contributed by atoms with Crippen molar-refractivity contribution in [1.29, 1.82) is 5.26 Å². The Kier molecular flexibility index (Phi) is 16.9. The maximum absolute atomic E-state index is 12.9. The lowest BCUT2D eigenvalue weighted by Crippen LogP contribution is -2.39. The van der Waals surface area contributed by atoms with Crippen LogP contribution in [-0.2, 0) is 9.59 Å². The highest BCUT2D eigenvalue weighted by Crippen LogP contribution is 2.33. The standard InChI is InChI=1S/C26H29ClN6O3.2C2HF3O2/c1-16-8-9-17-6-5-7-22(24(17)33-16)36-25(30-2)23-19(14-29)18(10-11-20(23)27)21(34)15-32-26(35)31-13-4-3-12-28;2*3-2(4,5)1(6)7/h5-11,25,30H,3-4,12-13,15,28H2,1-2H3,(H2,31,32,35);2*(H,6,7). The highest BCUT2D eigenvalue weighted by molar-refractivity contribution is 6.31. The molecule has 0 radical (unpaired) electrons. The van der Waals surface area contributed by atoms with Crippen molar-refractivity contribution in [2.75, 3.05) is 26.7 Å². The second-order valence-corrected chi connectivity index (χ2v) is 10.1. The summed E-state index contributed by atoms with van der Waals surface area (Å²) in [6, 6.07) is 14.1. The van der Waals surface area contributed by atoms with Gasteiger partial charge in [0.1, 0.15) is 17.3 Å². The van der Waals surface area contributed by atoms with Crippen molar-refractivity contribution < 1.29 is 60.5 Å². The molecule has 0 fully saturated rings. The summed E-state index contributed by atoms with van der Waals surface area (Å²) in [5.74, 6) is -5.45. The number of Topliss-reactive ketones (excluding diaryl/α,β-unsaturated/α-hetero) is 1. The molecule has 0 saturated heterocycles. The van der Waals surface area contributed by atoms with Gasteiger partial charge in [0.2, 0.25) is 0 Å². The van der Waals surface area contributed by atoms with Crippen LogP contribution in [0.5, 0.6) is 5.75 Å². The maximum atomic E-state index is 12.9. The van der Waals surface area contributed by atoms with Crippen molar-refractivity contribution in [2.45, 2.75) is 38.3 Å². The molecule has 0 aliphatic carbocycles. The second-order valence-electron chi connectivity index (χ2n) is 9.70. The summed E-state index contributed by atoms with van der Waals surface area (Å²) in [6.45, 7) is 2.61. The van der Waals surface area contributed by atoms with Crippen molar-refractivity contribution in [3.63, 3.8) is 0 Å². The molecule has 2 aromatic carbocycles. The number of nitrogens with two attached hydrogens (primary N) is 1. The van der Waals surface area contributed by atoms with Gasteiger partial charge in [-0.15, -0.1) is 0 Å². The number of amides is 2. The molecule has 0 spiro atoms. The van der Waals surface area contributed by atoms with E-state index in [2.05, 4.69) is 27.0 Å². The number of nitrogens with zero attached hydrogens (tertiary/aromatic N) is 2. The Morgan fingerprint density at radius 1 is 0.980 bits per heavy atom. The second kappa shape index (κ2) is 19.7. The van der Waals surface area contributed by atoms with Crippen molar-refractivity contribution in [3.8, 4) is 11.8 Å². The first-order valence-electron chi connectivity index (χ1n) is 14.1. The molecule has 1 aromatic heterocycles. The number of carbonyl (C=O) groups is 4. The average molecular weight is 737 g/mol. The van der Waals surface area contributed by atoms with Crippen LogP contribution in [0.15, 0.2) is 42.5 Å². The number of alkyl halides is 6. The lowest BCUT2D eigenvalue weighted by molar-refractivity contribution is -0.193. The van der Waals surface area contributed by atoms with E-state index in [4.69, 9.17) is 41.9 Å². The van der Waals surface area contributed by atoms with Gasteiger partial charge < -0.3 is 31.3 Å². The number of aryl methyl sites for hydroxylation is 1. The Morgan fingerprint density at radius 3 is 2.10 bits per heavy atom. The van der Waals surface area contributed by atoms with Crippen LogP contribution in [0.1, 0.15) is 46.2 Å². The molecule has 13 nitrogen and oxygen atoms in total. The van der Waals surface area contributed by atoms with Gasteiger partial charge in [0.05, 0.1) is 17.1 Å². The van der Waals surface area contributed by atoms with E-state index in [1.54, 1.807) is 13.1 Å². The summed E-state index contributed by atoms with van der Waals surface area (Å²) in [5, 5.41) is 33.6. The number of hydrogen-bond acceptors (Lipinski definition) is 9. The summed E-state index contributed by atoms with van der Waals surface area (Å²) in [6.07, 6.45) is -9.47. The zero-order valence-corrected chi connectivity index (χ0v) is 27.0. The number of ketones is 1. The Bertz CT molecular complexity index is 1680. The first-order valence-corrected chi connectivity index (χ1v) is 14.4. The Morgan fingerprint density at radius 2 is 1.58 bits per heavy atom. The highest BCUT2D eigenvalue weighted by atomic mass is 35.5. The van der Waals surface area contributed by atoms with E-state index >= 15 is 0 Å². The average Bonchev–Trinajstić information content (AvgIpc) is 3.04. The Hall–Kier alpha value is -5.19. The molecule has 2 amide bonds. The zero-order chi connectivity index (χ0) is 38.2. The minimum absolute atomic E-state index is 0.0707. The topological polar surface area (TPSA) is 217 Å². The molecule has 0 aliphatic rings. The predicted octanol–water partition coefficient (Wildman–Crippen LogP) is 4.85. The number of hydrogen-bond donors (Lipinski definition) is 6. The van der Waals surface area contributed by atoms with Crippen LogP contribution < -0.4 is 26.4 Å². The van der Waals surface area contributed by atoms with Crippen LogP contribution in [0.4, 0.5) is 31.1 Å². The third-order valence-electron chi connectivity index (χ3n) is 6.01. The number of nitrogens with one attached hydrogen (secondary N) is 3. The molecule has 20 heteroatoms. The number of pyridine rings is 1. The first kappa shape index (κ1) is 42.8. The number of carbonyl (C=O) groups excluding carboxylic acids is 2. The number of benzene rings is 2. The van der Waals surface area contributed by atoms with Gasteiger partial charge in [-0.2, -0.15) is 31.6 Å². The number of halogens is 7. The van der Waals surface area contributed by atoms with Gasteiger partial charge >= 0.3 is 30.3 Å². The van der Waals surface area contributed by atoms with Gasteiger partial charge in [0.25, 0.3) is 0 Å². The molecule has 1 unspecified atom stereocenters. The number of para-hydroxylation sites is 1. The minimum Gasteiger partial charge on any atom is -0.475 e. The number of carboxylic acid groups (broad SMARTS) is 2. The van der Waals surface area contributed by atoms with Crippen molar-refractivity contribution in [3.05, 3.63) is 69.9 Å². The zero-order valence-electron chi connectivity index (χ0n) is 26.2. The molecule has 0 aliphatic heterocycles. The predicted molar refractivity (Wildman–Crippen MR) is 166 cm³/mol. The Balaban J connectivity index is 0.000000748. The summed E-state index contributed by atoms with van der Waals surface area (Å²) in [5.41, 5.74) is 7.47. The SMILES string of the molecule is CNC(Oc1cccc2ccc(C)nc12)c1c(Cl)ccc(C(=O)CNC(=O)NCCCCN)c1C#N.O=C(O)C(F)(F)F.O=C(O)C(F)(F)F. The fraction of sp³-hybridized carbons (Fsp3) is 0.333. The van der Waals surface area contributed by atoms with Crippen molar-refractivity contribution >= 4 is 46.3 Å². The molecule has 1 heterocycles. The number of nitriles is 1. The van der Waals surface area contributed by atoms with Crippen LogP contribution in [0.2, 0.25) is 5.02 Å². The molecule has 3 rings (SSSR count). The van der Waals surface area contributed by atoms with Gasteiger partial charge in [-0.05, 0) is 57.6 Å². The number of ether oxygens (including phenoxy) is 1. The van der Waals surface area contributed by atoms with E-state index < -0.39 is 42.3 Å². The van der Waals surface area contributed by atoms with Crippen LogP contribution in [0.25, 0.3) is 10.9 Å². The normalized spacial score (nSPS) is 11.5. The molecule has 3 aromatic rings. The number of fused-ring (bicyclic) bond motifs is 1. The third kappa shape index (κ3) is 13.7. The lowest BCUT2D eigenvalue weighted by Gasteiger charge is -2.22. The number of urea groups is 1. The third-order valence-corrected chi connectivity index (χ3v) is 6.34. The van der Waals surface area contributed by atoms with Gasteiger partial charge in [-0.1, -0.05) is 29.8 Å². The van der Waals surface area contributed by atoms with Gasteiger partial charge in [-0.3, -0.25) is 10.1 Å². The van der Waals surface area contributed by atoms with Gasteiger partial charge in [-0.25, -0.2) is 19.4 Å². The number of aromatic nitrogens is 1. The maximum Gasteiger partial charge on any atom is 0.490 e. The summed E-state index contributed by atoms with van der Waals surface area (Å²) < 4.78 is 69.7. The lowest BCUT2D eigenvalue weighted by atomic mass is 9.97. The smallest absolute Gasteiger partial charge is 0.475 e. The fourth-order valence-corrected chi connectivity index (χ4v) is 3.95. The summed E-state index contributed by atoms with van der Waals surface area (Å²) >= 11 is 6.49. The fourth-order valence-electron chi connectivity index (χ4n) is 3.69. The van der Waals surface area contributed by atoms with E-state index in [0.29, 0.717) is 29.9 Å². The van der Waals surface area contributed by atoms with E-state index in [-0.39, 0.29) is 22.7 Å². The van der Waals surface area contributed by atoms with Crippen LogP contribution in [0, 0.1) is 18.3 Å². The van der Waals surface area contributed by atoms with E-state index in [1.807, 2.05) is 31.2 Å². The summed E-state index contributed by atoms with van der Waals surface area (Å²) in [7, 11) is 1.66. The number of unbranched alkanes of at least 4 members (excludes halogenated alkanes) is 1. The first-order chi connectivity index (χ1) is 23.3. The number of aliphatic carboxylic acids is 2. The largest absolute Gasteiger partial charge is 0.490 e. The molecule has 7 N–H and O–H groups in total. The molecule has 272 valence electrons. The molecule has 50 heavy (non-hydrogen) atoms. The van der Waals surface area contributed by atoms with Crippen LogP contribution in [0.3, 0.4) is 0 Å². The molecule has 0 saturated carbocycles. The van der Waals surface area contributed by atoms with Crippen LogP contribution in [-0.4, -0.2) is 78.0 Å². The summed E-state index contributed by atoms with van der Waals surface area (Å²) in [4.78, 5) is 47.3. The monoisotopic (exact) mass is 736 g/mol. The highest BCUT2D eigenvalue weighted by Gasteiger charge is 2.39. The Labute approximate surface area is 285 Å². The molecule has 0 bridgehead atoms. The molecule has 1 atom stereocenters. The van der Waals surface area contributed by atoms with Crippen LogP contribution >= 0.6 is 11.6 Å². The quantitative estimate of drug-likeness (QED) is 0.0677. The van der Waals surface area contributed by atoms with E-state index in [9.17, 15) is 41.2 Å². The number of carboxylic acids is 2. The van der Waals surface area contributed by atoms with Gasteiger partial charge in [0.15, 0.2) is 12.0 Å². The van der Waals surface area contributed by atoms with Crippen molar-refractivity contribution in [2.24, 2.45) is 5.73 Å². The van der Waals surface area contributed by atoms with Crippen molar-refractivity contribution in [1.82, 2.24) is 20.9 Å². The minimum atomic E-state index is -5.08. The van der Waals surface area contributed by atoms with E-state index in [0.717, 1.165) is 23.9 Å². The molecular weight excluding hydrogens is 706 g/mol. The molecular formula is C30H31ClF6N6O7. The van der Waals surface area contributed by atoms with E-state index in [1.165, 1.54) is 12.1 Å².